The Bertz CT molecular complexity index is 1160. The number of ether oxygens (including phenoxy) is 1. The first kappa shape index (κ1) is 22.4. The number of benzene rings is 1. The first-order valence-corrected chi connectivity index (χ1v) is 8.82. The second kappa shape index (κ2) is 9.58. The molecule has 2 rings (SSSR count). The molecule has 0 unspecified atom stereocenters. The molecule has 0 amide bonds. The fourth-order valence-electron chi connectivity index (χ4n) is 2.38. The maximum atomic E-state index is 12.8. The van der Waals surface area contributed by atoms with E-state index in [0.29, 0.717) is 0 Å². The van der Waals surface area contributed by atoms with E-state index in [1.165, 1.54) is 32.0 Å². The van der Waals surface area contributed by atoms with Crippen LogP contribution in [0, 0.1) is 23.2 Å². The minimum Gasteiger partial charge on any atom is -0.493 e. The van der Waals surface area contributed by atoms with E-state index in [1.54, 1.807) is 6.07 Å². The molecule has 0 fully saturated rings. The normalized spacial score (nSPS) is 10.6. The predicted molar refractivity (Wildman–Crippen MR) is 109 cm³/mol. The molecule has 0 aliphatic carbocycles. The van der Waals surface area contributed by atoms with Gasteiger partial charge in [-0.15, -0.1) is 15.1 Å². The number of aromatic hydroxyl groups is 1. The van der Waals surface area contributed by atoms with Gasteiger partial charge in [-0.25, -0.2) is 4.79 Å². The summed E-state index contributed by atoms with van der Waals surface area (Å²) < 4.78 is 5.77. The molecule has 0 spiro atoms. The molecule has 0 aliphatic heterocycles. The van der Waals surface area contributed by atoms with Crippen LogP contribution in [0.15, 0.2) is 50.6 Å². The van der Waals surface area contributed by atoms with E-state index in [9.17, 15) is 24.9 Å². The molecule has 1 heterocycles. The molecule has 1 N–H and O–H groups in total. The fraction of sp³-hybridized carbons (Fsp3) is 0.211. The maximum absolute atomic E-state index is 12.8. The van der Waals surface area contributed by atoms with Gasteiger partial charge in [0.1, 0.15) is 29.6 Å². The number of rotatable bonds is 7. The Balaban J connectivity index is 2.49. The number of esters is 1. The van der Waals surface area contributed by atoms with Crippen molar-refractivity contribution in [1.82, 2.24) is 4.57 Å². The molecule has 1 aromatic heterocycles. The average molecular weight is 430 g/mol. The summed E-state index contributed by atoms with van der Waals surface area (Å²) in [5.41, 5.74) is -0.966. The standard InChI is InChI=1S/C19H16ClN5O5/c1-10(2)19(28)30-7-6-25-17(26)13(9-21)11(3)16(18(25)27)23-22-14-5-4-12(20)8-15(14)24-29/h4-5,8,26H,1,6-7H2,2-3H3. The highest BCUT2D eigenvalue weighted by Crippen LogP contribution is 2.33. The van der Waals surface area contributed by atoms with Gasteiger partial charge in [-0.3, -0.25) is 9.36 Å². The Kier molecular flexibility index (Phi) is 7.17. The van der Waals surface area contributed by atoms with Crippen LogP contribution in [0.1, 0.15) is 18.1 Å². The van der Waals surface area contributed by atoms with Crippen LogP contribution in [-0.2, 0) is 16.1 Å². The smallest absolute Gasteiger partial charge is 0.333 e. The highest BCUT2D eigenvalue weighted by Gasteiger charge is 2.19. The zero-order chi connectivity index (χ0) is 22.4. The van der Waals surface area contributed by atoms with Crippen molar-refractivity contribution in [1.29, 1.82) is 5.26 Å². The zero-order valence-electron chi connectivity index (χ0n) is 16.0. The number of carbonyl (C=O) groups excluding carboxylic acids is 1. The molecular formula is C19H16ClN5O5. The van der Waals surface area contributed by atoms with Gasteiger partial charge >= 0.3 is 5.97 Å². The van der Waals surface area contributed by atoms with Crippen molar-refractivity contribution < 1.29 is 14.6 Å². The fourth-order valence-corrected chi connectivity index (χ4v) is 2.54. The number of nitrogens with zero attached hydrogens (tertiary/aromatic N) is 5. The van der Waals surface area contributed by atoms with Gasteiger partial charge in [-0.05, 0) is 37.2 Å². The predicted octanol–water partition coefficient (Wildman–Crippen LogP) is 4.32. The largest absolute Gasteiger partial charge is 0.493 e. The van der Waals surface area contributed by atoms with Gasteiger partial charge in [-0.1, -0.05) is 18.2 Å². The van der Waals surface area contributed by atoms with Gasteiger partial charge in [0.2, 0.25) is 5.88 Å². The van der Waals surface area contributed by atoms with Crippen LogP contribution < -0.4 is 5.56 Å². The maximum Gasteiger partial charge on any atom is 0.333 e. The summed E-state index contributed by atoms with van der Waals surface area (Å²) in [6.07, 6.45) is 0. The van der Waals surface area contributed by atoms with Gasteiger partial charge in [0.15, 0.2) is 5.69 Å². The third kappa shape index (κ3) is 4.76. The Morgan fingerprint density at radius 2 is 2.07 bits per heavy atom. The van der Waals surface area contributed by atoms with E-state index in [0.717, 1.165) is 4.57 Å². The highest BCUT2D eigenvalue weighted by molar-refractivity contribution is 6.31. The first-order chi connectivity index (χ1) is 14.2. The molecule has 0 radical (unpaired) electrons. The van der Waals surface area contributed by atoms with Crippen LogP contribution in [0.25, 0.3) is 0 Å². The van der Waals surface area contributed by atoms with Gasteiger partial charge in [0.25, 0.3) is 5.56 Å². The van der Waals surface area contributed by atoms with Crippen LogP contribution in [0.3, 0.4) is 0 Å². The topological polar surface area (TPSA) is 146 Å². The lowest BCUT2D eigenvalue weighted by Gasteiger charge is -2.13. The summed E-state index contributed by atoms with van der Waals surface area (Å²) in [5.74, 6) is -1.25. The summed E-state index contributed by atoms with van der Waals surface area (Å²) in [7, 11) is 0. The monoisotopic (exact) mass is 429 g/mol. The molecule has 0 atom stereocenters. The average Bonchev–Trinajstić information content (AvgIpc) is 2.71. The zero-order valence-corrected chi connectivity index (χ0v) is 16.8. The number of carbonyl (C=O) groups is 1. The molecule has 0 bridgehead atoms. The summed E-state index contributed by atoms with van der Waals surface area (Å²) in [4.78, 5) is 35.2. The lowest BCUT2D eigenvalue weighted by atomic mass is 10.1. The number of nitroso groups, excluding NO2 is 1. The molecule has 0 saturated carbocycles. The molecule has 0 aliphatic rings. The first-order valence-electron chi connectivity index (χ1n) is 8.45. The van der Waals surface area contributed by atoms with Crippen LogP contribution >= 0.6 is 11.6 Å². The Hall–Kier alpha value is -3.84. The molecule has 2 aromatic rings. The summed E-state index contributed by atoms with van der Waals surface area (Å²) >= 11 is 5.80. The Labute approximate surface area is 175 Å². The Morgan fingerprint density at radius 3 is 2.67 bits per heavy atom. The molecule has 0 saturated heterocycles. The van der Waals surface area contributed by atoms with E-state index in [1.807, 2.05) is 0 Å². The molecule has 10 nitrogen and oxygen atoms in total. The van der Waals surface area contributed by atoms with Gasteiger partial charge in [-0.2, -0.15) is 5.26 Å². The van der Waals surface area contributed by atoms with Crippen LogP contribution in [0.5, 0.6) is 5.88 Å². The van der Waals surface area contributed by atoms with Gasteiger partial charge in [0, 0.05) is 16.2 Å². The lowest BCUT2D eigenvalue weighted by molar-refractivity contribution is -0.139. The second-order valence-corrected chi connectivity index (χ2v) is 6.52. The molecule has 30 heavy (non-hydrogen) atoms. The third-order valence-corrected chi connectivity index (χ3v) is 4.19. The quantitative estimate of drug-likeness (QED) is 0.300. The van der Waals surface area contributed by atoms with E-state index in [2.05, 4.69) is 22.0 Å². The summed E-state index contributed by atoms with van der Waals surface area (Å²) in [6, 6.07) is 5.93. The van der Waals surface area contributed by atoms with Gasteiger partial charge in [0.05, 0.1) is 6.54 Å². The lowest BCUT2D eigenvalue weighted by Crippen LogP contribution is -2.24. The van der Waals surface area contributed by atoms with E-state index < -0.39 is 17.4 Å². The minimum absolute atomic E-state index is 0.0571. The van der Waals surface area contributed by atoms with E-state index in [4.69, 9.17) is 16.3 Å². The molecule has 154 valence electrons. The number of halogens is 1. The highest BCUT2D eigenvalue weighted by atomic mass is 35.5. The number of aromatic nitrogens is 1. The van der Waals surface area contributed by atoms with Crippen LogP contribution in [0.4, 0.5) is 17.1 Å². The summed E-state index contributed by atoms with van der Waals surface area (Å²) in [6.45, 7) is 5.84. The van der Waals surface area contributed by atoms with Crippen molar-refractivity contribution in [3.8, 4) is 11.9 Å². The Morgan fingerprint density at radius 1 is 1.37 bits per heavy atom. The minimum atomic E-state index is -0.770. The number of nitriles is 1. The van der Waals surface area contributed by atoms with Crippen molar-refractivity contribution in [3.63, 3.8) is 0 Å². The number of hydrogen-bond donors (Lipinski definition) is 1. The number of hydrogen-bond acceptors (Lipinski definition) is 9. The third-order valence-electron chi connectivity index (χ3n) is 3.96. The van der Waals surface area contributed by atoms with Crippen molar-refractivity contribution in [2.75, 3.05) is 6.61 Å². The van der Waals surface area contributed by atoms with Crippen LogP contribution in [0.2, 0.25) is 5.02 Å². The molecule has 1 aromatic carbocycles. The number of pyridine rings is 1. The van der Waals surface area contributed by atoms with Crippen molar-refractivity contribution in [3.05, 3.63) is 61.8 Å². The van der Waals surface area contributed by atoms with Crippen molar-refractivity contribution >= 4 is 34.6 Å². The molecule has 11 heteroatoms. The van der Waals surface area contributed by atoms with Crippen LogP contribution in [-0.4, -0.2) is 22.2 Å². The van der Waals surface area contributed by atoms with Crippen molar-refractivity contribution in [2.24, 2.45) is 15.4 Å². The van der Waals surface area contributed by atoms with Crippen molar-refractivity contribution in [2.45, 2.75) is 20.4 Å². The SMILES string of the molecule is C=C(C)C(=O)OCCn1c(O)c(C#N)c(C)c(N=Nc2ccc(Cl)cc2N=O)c1=O. The second-order valence-electron chi connectivity index (χ2n) is 6.08. The number of azo groups is 1. The van der Waals surface area contributed by atoms with E-state index in [-0.39, 0.29) is 51.9 Å². The van der Waals surface area contributed by atoms with E-state index >= 15 is 0 Å². The molecular weight excluding hydrogens is 414 g/mol. The summed E-state index contributed by atoms with van der Waals surface area (Å²) in [5, 5.41) is 30.4. The van der Waals surface area contributed by atoms with Gasteiger partial charge < -0.3 is 9.84 Å².